The molecule has 2 nitrogen and oxygen atoms in total. The van der Waals surface area contributed by atoms with Gasteiger partial charge in [-0.25, -0.2) is 0 Å². The van der Waals surface area contributed by atoms with Gasteiger partial charge >= 0.3 is 9.28 Å². The van der Waals surface area contributed by atoms with Gasteiger partial charge in [-0.05, 0) is 36.6 Å². The fourth-order valence-corrected chi connectivity index (χ4v) is 6.63. The summed E-state index contributed by atoms with van der Waals surface area (Å²) in [6, 6.07) is 18.6. The van der Waals surface area contributed by atoms with Crippen molar-refractivity contribution in [3.8, 4) is 0 Å². The molecule has 0 spiro atoms. The van der Waals surface area contributed by atoms with E-state index >= 15 is 0 Å². The predicted molar refractivity (Wildman–Crippen MR) is 120 cm³/mol. The van der Waals surface area contributed by atoms with Crippen molar-refractivity contribution in [1.29, 1.82) is 0 Å². The van der Waals surface area contributed by atoms with Crippen molar-refractivity contribution >= 4 is 44.0 Å². The molecule has 0 bridgehead atoms. The maximum atomic E-state index is 5.89. The maximum Gasteiger partial charge on any atom is 0.328 e. The van der Waals surface area contributed by atoms with Gasteiger partial charge in [0, 0.05) is 18.8 Å². The topological polar surface area (TPSA) is 18.5 Å². The number of halogens is 2. The summed E-state index contributed by atoms with van der Waals surface area (Å²) < 4.78 is 11.4. The van der Waals surface area contributed by atoms with E-state index in [1.807, 2.05) is 38.1 Å². The van der Waals surface area contributed by atoms with Crippen LogP contribution in [0, 0.1) is 0 Å². The predicted octanol–water partition coefficient (Wildman–Crippen LogP) is 4.78. The molecule has 0 fully saturated rings. The third kappa shape index (κ3) is 7.95. The smallest absolute Gasteiger partial charge is 0.328 e. The molecule has 2 aromatic carbocycles. The molecule has 0 saturated carbocycles. The highest BCUT2D eigenvalue weighted by atomic mass is 35.7. The van der Waals surface area contributed by atoms with E-state index in [2.05, 4.69) is 44.2 Å². The van der Waals surface area contributed by atoms with E-state index in [9.17, 15) is 0 Å². The second kappa shape index (κ2) is 13.5. The van der Waals surface area contributed by atoms with E-state index < -0.39 is 16.7 Å². The van der Waals surface area contributed by atoms with Crippen LogP contribution in [0.15, 0.2) is 54.6 Å². The van der Waals surface area contributed by atoms with E-state index in [0.717, 1.165) is 19.6 Å². The molecule has 0 heterocycles. The molecule has 6 heteroatoms. The summed E-state index contributed by atoms with van der Waals surface area (Å²) in [5, 5.41) is 1.17. The summed E-state index contributed by atoms with van der Waals surface area (Å²) in [5.41, 5.74) is 3.01. The van der Waals surface area contributed by atoms with Gasteiger partial charge in [0.2, 0.25) is 0 Å². The van der Waals surface area contributed by atoms with E-state index in [4.69, 9.17) is 31.0 Å². The summed E-state index contributed by atoms with van der Waals surface area (Å²) >= 11 is 11.8. The summed E-state index contributed by atoms with van der Waals surface area (Å²) in [6.45, 7) is 9.84. The molecule has 0 N–H and O–H groups in total. The minimum Gasteiger partial charge on any atom is -0.396 e. The Morgan fingerprint density at radius 1 is 0.846 bits per heavy atom. The first kappa shape index (κ1) is 23.4. The minimum atomic E-state index is -1.64. The zero-order valence-corrected chi connectivity index (χ0v) is 19.9. The molecule has 26 heavy (non-hydrogen) atoms. The SMILES string of the molecule is CCO[SiH](OCC)C(C)c1ccccc1.CCc1ccccc1[SiH](Cl)Cl. The Balaban J connectivity index is 0.000000273. The van der Waals surface area contributed by atoms with Gasteiger partial charge in [-0.15, -0.1) is 22.2 Å². The van der Waals surface area contributed by atoms with Crippen LogP contribution < -0.4 is 5.19 Å². The molecule has 144 valence electrons. The Morgan fingerprint density at radius 3 is 1.85 bits per heavy atom. The number of aryl methyl sites for hydroxylation is 1. The van der Waals surface area contributed by atoms with E-state index in [1.165, 1.54) is 16.3 Å². The second-order valence-electron chi connectivity index (χ2n) is 5.83. The number of rotatable bonds is 8. The van der Waals surface area contributed by atoms with Gasteiger partial charge in [-0.1, -0.05) is 68.4 Å². The van der Waals surface area contributed by atoms with Crippen LogP contribution in [0.4, 0.5) is 0 Å². The third-order valence-corrected chi connectivity index (χ3v) is 9.04. The van der Waals surface area contributed by atoms with Gasteiger partial charge in [0.25, 0.3) is 7.42 Å². The first-order valence-electron chi connectivity index (χ1n) is 9.19. The molecule has 0 amide bonds. The van der Waals surface area contributed by atoms with Crippen molar-refractivity contribution in [2.75, 3.05) is 13.2 Å². The van der Waals surface area contributed by atoms with Crippen LogP contribution in [-0.4, -0.2) is 29.9 Å². The molecule has 1 unspecified atom stereocenters. The maximum absolute atomic E-state index is 5.89. The standard InChI is InChI=1S/C12H20O2Si.C8H10Cl2Si/c1-4-13-15(14-5-2)11(3)12-9-7-6-8-10-12;1-2-7-5-3-4-6-8(7)11(9)10/h6-11,15H,4-5H2,1-3H3;3-6,11H,2H2,1H3. The monoisotopic (exact) mass is 428 g/mol. The van der Waals surface area contributed by atoms with Crippen molar-refractivity contribution in [2.24, 2.45) is 0 Å². The van der Waals surface area contributed by atoms with Gasteiger partial charge in [-0.2, -0.15) is 0 Å². The van der Waals surface area contributed by atoms with E-state index in [-0.39, 0.29) is 0 Å². The average Bonchev–Trinajstić information content (AvgIpc) is 2.68. The molecule has 0 saturated heterocycles. The molecule has 0 aliphatic carbocycles. The van der Waals surface area contributed by atoms with E-state index in [0.29, 0.717) is 5.54 Å². The van der Waals surface area contributed by atoms with Crippen LogP contribution in [0.2, 0.25) is 0 Å². The van der Waals surface area contributed by atoms with E-state index in [1.54, 1.807) is 0 Å². The van der Waals surface area contributed by atoms with Gasteiger partial charge in [-0.3, -0.25) is 0 Å². The first-order chi connectivity index (χ1) is 12.5. The van der Waals surface area contributed by atoms with Crippen LogP contribution in [-0.2, 0) is 15.3 Å². The Bertz CT molecular complexity index is 606. The summed E-state index contributed by atoms with van der Waals surface area (Å²) in [4.78, 5) is 0. The fraction of sp³-hybridized carbons (Fsp3) is 0.400. The molecule has 1 atom stereocenters. The lowest BCUT2D eigenvalue weighted by Gasteiger charge is -2.21. The molecule has 0 aliphatic rings. The Labute approximate surface area is 171 Å². The van der Waals surface area contributed by atoms with Crippen LogP contribution in [0.25, 0.3) is 0 Å². The summed E-state index contributed by atoms with van der Waals surface area (Å²) in [6.07, 6.45) is 1.01. The van der Waals surface area contributed by atoms with Gasteiger partial charge < -0.3 is 8.85 Å². The van der Waals surface area contributed by atoms with Gasteiger partial charge in [0.15, 0.2) is 0 Å². The fourth-order valence-electron chi connectivity index (χ4n) is 2.65. The van der Waals surface area contributed by atoms with Crippen LogP contribution >= 0.6 is 22.2 Å². The van der Waals surface area contributed by atoms with Crippen molar-refractivity contribution in [2.45, 2.75) is 39.7 Å². The third-order valence-electron chi connectivity index (χ3n) is 4.07. The summed E-state index contributed by atoms with van der Waals surface area (Å²) in [7, 11) is -3.20. The Hall–Kier alpha value is -0.626. The minimum absolute atomic E-state index is 0.408. The van der Waals surface area contributed by atoms with Crippen LogP contribution in [0.1, 0.15) is 44.4 Å². The van der Waals surface area contributed by atoms with Crippen molar-refractivity contribution < 1.29 is 8.85 Å². The quantitative estimate of drug-likeness (QED) is 0.444. The Kier molecular flexibility index (Phi) is 12.2. The highest BCUT2D eigenvalue weighted by Gasteiger charge is 2.22. The first-order valence-corrected chi connectivity index (χ1v) is 14.9. The molecule has 2 aromatic rings. The lowest BCUT2D eigenvalue weighted by atomic mass is 10.2. The molecule has 2 rings (SSSR count). The zero-order chi connectivity index (χ0) is 19.4. The van der Waals surface area contributed by atoms with Crippen LogP contribution in [0.5, 0.6) is 0 Å². The largest absolute Gasteiger partial charge is 0.396 e. The number of hydrogen-bond donors (Lipinski definition) is 0. The average molecular weight is 430 g/mol. The highest BCUT2D eigenvalue weighted by molar-refractivity contribution is 7.39. The lowest BCUT2D eigenvalue weighted by Crippen LogP contribution is -2.29. The second-order valence-corrected chi connectivity index (χ2v) is 12.7. The molecule has 0 radical (unpaired) electrons. The van der Waals surface area contributed by atoms with Crippen molar-refractivity contribution in [3.63, 3.8) is 0 Å². The normalized spacial score (nSPS) is 12.0. The molecular formula is C20H30Cl2O2Si2. The highest BCUT2D eigenvalue weighted by Crippen LogP contribution is 2.19. The molecule has 0 aliphatic heterocycles. The van der Waals surface area contributed by atoms with Gasteiger partial charge in [0.1, 0.15) is 0 Å². The van der Waals surface area contributed by atoms with Crippen molar-refractivity contribution in [1.82, 2.24) is 0 Å². The lowest BCUT2D eigenvalue weighted by molar-refractivity contribution is 0.206. The zero-order valence-electron chi connectivity index (χ0n) is 16.1. The Morgan fingerprint density at radius 2 is 1.38 bits per heavy atom. The van der Waals surface area contributed by atoms with Gasteiger partial charge in [0.05, 0.1) is 0 Å². The summed E-state index contributed by atoms with van der Waals surface area (Å²) in [5.74, 6) is 0. The molecular weight excluding hydrogens is 399 g/mol. The van der Waals surface area contributed by atoms with Crippen LogP contribution in [0.3, 0.4) is 0 Å². The number of benzene rings is 2. The van der Waals surface area contributed by atoms with Crippen molar-refractivity contribution in [3.05, 3.63) is 65.7 Å². The molecule has 0 aromatic heterocycles. The number of hydrogen-bond acceptors (Lipinski definition) is 2.